The number of alkyl halides is 1. The van der Waals surface area contributed by atoms with Crippen LogP contribution >= 0.6 is 15.9 Å². The van der Waals surface area contributed by atoms with E-state index in [1.807, 2.05) is 6.07 Å². The van der Waals surface area contributed by atoms with Gasteiger partial charge < -0.3 is 5.32 Å². The normalized spacial score (nSPS) is 21.0. The van der Waals surface area contributed by atoms with Gasteiger partial charge in [0, 0.05) is 23.0 Å². The SMILES string of the molecule is O=C1NCC(F)Cc2ccc(Br)cc21. The number of benzene rings is 1. The van der Waals surface area contributed by atoms with Crippen LogP contribution in [0.15, 0.2) is 22.7 Å². The maximum absolute atomic E-state index is 13.2. The van der Waals surface area contributed by atoms with Gasteiger partial charge in [-0.3, -0.25) is 4.79 Å². The zero-order valence-corrected chi connectivity index (χ0v) is 8.97. The Kier molecular flexibility index (Phi) is 2.54. The summed E-state index contributed by atoms with van der Waals surface area (Å²) in [6.07, 6.45) is -0.678. The Morgan fingerprint density at radius 1 is 1.50 bits per heavy atom. The quantitative estimate of drug-likeness (QED) is 0.758. The van der Waals surface area contributed by atoms with E-state index in [9.17, 15) is 9.18 Å². The highest BCUT2D eigenvalue weighted by atomic mass is 79.9. The van der Waals surface area contributed by atoms with Gasteiger partial charge in [0.2, 0.25) is 0 Å². The molecule has 0 spiro atoms. The number of carbonyl (C=O) groups excluding carboxylic acids is 1. The van der Waals surface area contributed by atoms with Crippen molar-refractivity contribution in [3.8, 4) is 0 Å². The molecule has 1 unspecified atom stereocenters. The Hall–Kier alpha value is -0.900. The molecular weight excluding hydrogens is 249 g/mol. The summed E-state index contributed by atoms with van der Waals surface area (Å²) in [5.41, 5.74) is 1.34. The molecule has 1 aromatic rings. The lowest BCUT2D eigenvalue weighted by atomic mass is 10.0. The van der Waals surface area contributed by atoms with Crippen LogP contribution in [-0.2, 0) is 6.42 Å². The topological polar surface area (TPSA) is 29.1 Å². The Bertz CT molecular complexity index is 380. The minimum absolute atomic E-state index is 0.102. The van der Waals surface area contributed by atoms with E-state index >= 15 is 0 Å². The van der Waals surface area contributed by atoms with Crippen molar-refractivity contribution in [3.63, 3.8) is 0 Å². The first-order valence-electron chi connectivity index (χ1n) is 4.37. The van der Waals surface area contributed by atoms with E-state index in [-0.39, 0.29) is 12.5 Å². The average Bonchev–Trinajstić information content (AvgIpc) is 2.29. The number of nitrogens with one attached hydrogen (secondary N) is 1. The molecule has 0 aliphatic carbocycles. The molecule has 1 aliphatic rings. The minimum Gasteiger partial charge on any atom is -0.349 e. The number of hydrogen-bond donors (Lipinski definition) is 1. The van der Waals surface area contributed by atoms with Gasteiger partial charge in [0.05, 0.1) is 0 Å². The first-order valence-corrected chi connectivity index (χ1v) is 5.17. The van der Waals surface area contributed by atoms with Crippen molar-refractivity contribution in [1.29, 1.82) is 0 Å². The monoisotopic (exact) mass is 257 g/mol. The van der Waals surface area contributed by atoms with E-state index in [0.29, 0.717) is 12.0 Å². The predicted octanol–water partition coefficient (Wildman–Crippen LogP) is 2.07. The Morgan fingerprint density at radius 3 is 3.07 bits per heavy atom. The summed E-state index contributed by atoms with van der Waals surface area (Å²) in [6, 6.07) is 5.34. The second-order valence-corrected chi connectivity index (χ2v) is 4.23. The molecule has 1 heterocycles. The highest BCUT2D eigenvalue weighted by Gasteiger charge is 2.20. The molecule has 1 N–H and O–H groups in total. The number of carbonyl (C=O) groups is 1. The average molecular weight is 258 g/mol. The van der Waals surface area contributed by atoms with Crippen LogP contribution in [0.3, 0.4) is 0 Å². The molecule has 2 rings (SSSR count). The van der Waals surface area contributed by atoms with E-state index in [2.05, 4.69) is 21.2 Å². The predicted molar refractivity (Wildman–Crippen MR) is 55.1 cm³/mol. The minimum atomic E-state index is -0.985. The van der Waals surface area contributed by atoms with Crippen LogP contribution in [0.1, 0.15) is 15.9 Å². The van der Waals surface area contributed by atoms with Crippen molar-refractivity contribution >= 4 is 21.8 Å². The maximum atomic E-state index is 13.2. The number of halogens is 2. The number of amides is 1. The fourth-order valence-electron chi connectivity index (χ4n) is 1.55. The molecule has 0 saturated carbocycles. The Balaban J connectivity index is 2.47. The zero-order chi connectivity index (χ0) is 10.1. The van der Waals surface area contributed by atoms with Gasteiger partial charge in [-0.15, -0.1) is 0 Å². The summed E-state index contributed by atoms with van der Waals surface area (Å²) < 4.78 is 14.0. The van der Waals surface area contributed by atoms with Crippen LogP contribution in [0.5, 0.6) is 0 Å². The molecule has 1 atom stereocenters. The van der Waals surface area contributed by atoms with Crippen LogP contribution in [0, 0.1) is 0 Å². The molecule has 14 heavy (non-hydrogen) atoms. The van der Waals surface area contributed by atoms with Gasteiger partial charge >= 0.3 is 0 Å². The van der Waals surface area contributed by atoms with E-state index in [1.165, 1.54) is 0 Å². The molecular formula is C10H9BrFNO. The lowest BCUT2D eigenvalue weighted by Gasteiger charge is -2.04. The molecule has 74 valence electrons. The Morgan fingerprint density at radius 2 is 2.29 bits per heavy atom. The first kappa shape index (κ1) is 9.65. The highest BCUT2D eigenvalue weighted by Crippen LogP contribution is 2.20. The van der Waals surface area contributed by atoms with Crippen molar-refractivity contribution in [1.82, 2.24) is 5.32 Å². The van der Waals surface area contributed by atoms with Crippen LogP contribution in [0.25, 0.3) is 0 Å². The van der Waals surface area contributed by atoms with Crippen molar-refractivity contribution < 1.29 is 9.18 Å². The lowest BCUT2D eigenvalue weighted by molar-refractivity contribution is 0.0948. The lowest BCUT2D eigenvalue weighted by Crippen LogP contribution is -2.27. The van der Waals surface area contributed by atoms with E-state index in [0.717, 1.165) is 10.0 Å². The third kappa shape index (κ3) is 1.80. The third-order valence-electron chi connectivity index (χ3n) is 2.24. The summed E-state index contributed by atoms with van der Waals surface area (Å²) in [4.78, 5) is 11.5. The van der Waals surface area contributed by atoms with Crippen molar-refractivity contribution in [2.75, 3.05) is 6.54 Å². The highest BCUT2D eigenvalue weighted by molar-refractivity contribution is 9.10. The molecule has 0 aromatic heterocycles. The first-order chi connectivity index (χ1) is 6.66. The molecule has 1 aromatic carbocycles. The van der Waals surface area contributed by atoms with Crippen molar-refractivity contribution in [3.05, 3.63) is 33.8 Å². The summed E-state index contributed by atoms with van der Waals surface area (Å²) in [6.45, 7) is 0.102. The number of rotatable bonds is 0. The van der Waals surface area contributed by atoms with Gasteiger partial charge in [0.15, 0.2) is 0 Å². The van der Waals surface area contributed by atoms with Gasteiger partial charge in [-0.1, -0.05) is 22.0 Å². The van der Waals surface area contributed by atoms with E-state index in [4.69, 9.17) is 0 Å². The third-order valence-corrected chi connectivity index (χ3v) is 2.74. The smallest absolute Gasteiger partial charge is 0.251 e. The van der Waals surface area contributed by atoms with Crippen LogP contribution in [0.4, 0.5) is 4.39 Å². The second-order valence-electron chi connectivity index (χ2n) is 3.31. The van der Waals surface area contributed by atoms with Crippen LogP contribution < -0.4 is 5.32 Å². The fourth-order valence-corrected chi connectivity index (χ4v) is 1.91. The van der Waals surface area contributed by atoms with Crippen molar-refractivity contribution in [2.24, 2.45) is 0 Å². The molecule has 1 amide bonds. The number of hydrogen-bond acceptors (Lipinski definition) is 1. The molecule has 4 heteroatoms. The fraction of sp³-hybridized carbons (Fsp3) is 0.300. The summed E-state index contributed by atoms with van der Waals surface area (Å²) in [7, 11) is 0. The number of fused-ring (bicyclic) bond motifs is 1. The van der Waals surface area contributed by atoms with Crippen LogP contribution in [-0.4, -0.2) is 18.6 Å². The molecule has 0 fully saturated rings. The second kappa shape index (κ2) is 3.69. The van der Waals surface area contributed by atoms with Gasteiger partial charge in [0.25, 0.3) is 5.91 Å². The summed E-state index contributed by atoms with van der Waals surface area (Å²) in [5, 5.41) is 2.54. The molecule has 0 bridgehead atoms. The van der Waals surface area contributed by atoms with Gasteiger partial charge in [0.1, 0.15) is 6.17 Å². The zero-order valence-electron chi connectivity index (χ0n) is 7.39. The summed E-state index contributed by atoms with van der Waals surface area (Å²) in [5.74, 6) is -0.193. The van der Waals surface area contributed by atoms with Gasteiger partial charge in [-0.2, -0.15) is 0 Å². The Labute approximate surface area is 89.6 Å². The molecule has 2 nitrogen and oxygen atoms in total. The molecule has 0 saturated heterocycles. The maximum Gasteiger partial charge on any atom is 0.251 e. The van der Waals surface area contributed by atoms with Crippen LogP contribution in [0.2, 0.25) is 0 Å². The summed E-state index contributed by atoms with van der Waals surface area (Å²) >= 11 is 3.28. The van der Waals surface area contributed by atoms with E-state index in [1.54, 1.807) is 12.1 Å². The standard InChI is InChI=1S/C10H9BrFNO/c11-7-2-1-6-3-8(12)5-13-10(14)9(6)4-7/h1-2,4,8H,3,5H2,(H,13,14). The molecule has 1 aliphatic heterocycles. The molecule has 0 radical (unpaired) electrons. The van der Waals surface area contributed by atoms with Gasteiger partial charge in [-0.25, -0.2) is 4.39 Å². The largest absolute Gasteiger partial charge is 0.349 e. The van der Waals surface area contributed by atoms with Crippen molar-refractivity contribution in [2.45, 2.75) is 12.6 Å². The van der Waals surface area contributed by atoms with Gasteiger partial charge in [-0.05, 0) is 17.7 Å². The van der Waals surface area contributed by atoms with E-state index < -0.39 is 6.17 Å².